The average molecular weight is 130 g/mol. The molecule has 0 aliphatic carbocycles. The quantitative estimate of drug-likeness (QED) is 0.500. The zero-order chi connectivity index (χ0) is 5.15. The molecule has 0 rings (SSSR count). The summed E-state index contributed by atoms with van der Waals surface area (Å²) < 4.78 is 0. The van der Waals surface area contributed by atoms with E-state index in [0.717, 1.165) is 0 Å². The molecule has 0 saturated heterocycles. The normalized spacial score (nSPS) is 11.7. The number of hydrogen-bond acceptors (Lipinski definition) is 2. The Balaban J connectivity index is 0. The largest absolute Gasteiger partial charge is 0.479 e. The third-order valence-electron chi connectivity index (χ3n) is 0.357. The van der Waals surface area contributed by atoms with E-state index in [1.807, 2.05) is 0 Å². The van der Waals surface area contributed by atoms with E-state index in [1.165, 1.54) is 6.92 Å². The third-order valence-corrected chi connectivity index (χ3v) is 0.357. The molecule has 0 amide bonds. The van der Waals surface area contributed by atoms with Crippen LogP contribution in [0.15, 0.2) is 0 Å². The predicted molar refractivity (Wildman–Crippen MR) is 19.3 cm³/mol. The van der Waals surface area contributed by atoms with Crippen LogP contribution in [-0.2, 0) is 4.79 Å². The van der Waals surface area contributed by atoms with E-state index in [1.54, 1.807) is 0 Å². The van der Waals surface area contributed by atoms with Gasteiger partial charge in [-0.05, 0) is 6.92 Å². The van der Waals surface area contributed by atoms with Gasteiger partial charge in [-0.25, -0.2) is 4.79 Å². The van der Waals surface area contributed by atoms with Crippen molar-refractivity contribution in [3.63, 3.8) is 0 Å². The van der Waals surface area contributed by atoms with Crippen LogP contribution in [0.1, 0.15) is 6.92 Å². The van der Waals surface area contributed by atoms with E-state index < -0.39 is 12.1 Å². The Hall–Kier alpha value is 0.690. The molecular formula is C3H6ArO3. The summed E-state index contributed by atoms with van der Waals surface area (Å²) in [6.07, 6.45) is -1.23. The average Bonchev–Trinajstić information content (AvgIpc) is 1.36. The van der Waals surface area contributed by atoms with Gasteiger partial charge in [-0.1, -0.05) is 0 Å². The predicted octanol–water partition coefficient (Wildman–Crippen LogP) is -0.548. The fourth-order valence-electron chi connectivity index (χ4n) is 0. The fourth-order valence-corrected chi connectivity index (χ4v) is 0. The van der Waals surface area contributed by atoms with Crippen molar-refractivity contribution in [2.24, 2.45) is 0 Å². The van der Waals surface area contributed by atoms with Crippen molar-refractivity contribution >= 4 is 5.97 Å². The van der Waals surface area contributed by atoms with Gasteiger partial charge in [0.1, 0.15) is 6.10 Å². The Kier molecular flexibility index (Phi) is 7.35. The van der Waals surface area contributed by atoms with Crippen molar-refractivity contribution in [3.8, 4) is 0 Å². The summed E-state index contributed by atoms with van der Waals surface area (Å²) in [4.78, 5) is 9.45. The molecule has 1 unspecified atom stereocenters. The monoisotopic (exact) mass is 130 g/mol. The van der Waals surface area contributed by atoms with Gasteiger partial charge in [0, 0.05) is 37.7 Å². The summed E-state index contributed by atoms with van der Waals surface area (Å²) in [5.41, 5.74) is 0. The Morgan fingerprint density at radius 2 is 1.86 bits per heavy atom. The van der Waals surface area contributed by atoms with Crippen LogP contribution in [0.4, 0.5) is 0 Å². The summed E-state index contributed by atoms with van der Waals surface area (Å²) in [6, 6.07) is 0. The second-order valence-electron chi connectivity index (χ2n) is 1.01. The first kappa shape index (κ1) is 10.6. The van der Waals surface area contributed by atoms with Crippen LogP contribution in [0.5, 0.6) is 0 Å². The Labute approximate surface area is 71.3 Å². The topological polar surface area (TPSA) is 57.5 Å². The van der Waals surface area contributed by atoms with Crippen LogP contribution >= 0.6 is 0 Å². The molecule has 0 bridgehead atoms. The Morgan fingerprint density at radius 1 is 1.71 bits per heavy atom. The first-order valence-electron chi connectivity index (χ1n) is 1.55. The Bertz CT molecular complexity index is 61.2. The number of aliphatic hydroxyl groups is 1. The van der Waals surface area contributed by atoms with Crippen LogP contribution in [0.2, 0.25) is 0 Å². The smallest absolute Gasteiger partial charge is 0.332 e. The van der Waals surface area contributed by atoms with E-state index in [-0.39, 0.29) is 37.7 Å². The van der Waals surface area contributed by atoms with E-state index in [9.17, 15) is 4.79 Å². The molecule has 0 heterocycles. The summed E-state index contributed by atoms with van der Waals surface area (Å²) >= 11 is 0. The minimum atomic E-state index is -1.23. The van der Waals surface area contributed by atoms with Crippen LogP contribution in [0, 0.1) is 37.7 Å². The molecule has 0 aliphatic rings. The van der Waals surface area contributed by atoms with E-state index in [0.29, 0.717) is 0 Å². The van der Waals surface area contributed by atoms with Crippen LogP contribution in [-0.4, -0.2) is 22.3 Å². The molecular weight excluding hydrogens is 124 g/mol. The van der Waals surface area contributed by atoms with Crippen LogP contribution in [0.25, 0.3) is 0 Å². The summed E-state index contributed by atoms with van der Waals surface area (Å²) in [5, 5.41) is 15.8. The molecule has 3 nitrogen and oxygen atoms in total. The van der Waals surface area contributed by atoms with Crippen LogP contribution in [0.3, 0.4) is 0 Å². The van der Waals surface area contributed by atoms with Gasteiger partial charge >= 0.3 is 5.97 Å². The number of hydrogen-bond donors (Lipinski definition) is 2. The summed E-state index contributed by atoms with van der Waals surface area (Å²) in [6.45, 7) is 1.20. The maximum absolute atomic E-state index is 9.45. The van der Waals surface area contributed by atoms with Crippen molar-refractivity contribution in [1.82, 2.24) is 0 Å². The zero-order valence-electron chi connectivity index (χ0n) is 3.73. The maximum Gasteiger partial charge on any atom is 0.332 e. The molecule has 7 heavy (non-hydrogen) atoms. The van der Waals surface area contributed by atoms with Gasteiger partial charge in [0.2, 0.25) is 0 Å². The van der Waals surface area contributed by atoms with Crippen molar-refractivity contribution in [2.75, 3.05) is 0 Å². The van der Waals surface area contributed by atoms with Gasteiger partial charge in [0.25, 0.3) is 0 Å². The van der Waals surface area contributed by atoms with Gasteiger partial charge in [-0.15, -0.1) is 0 Å². The number of aliphatic carboxylic acids is 1. The standard InChI is InChI=1S/C3H6O3.Ar/c1-2(4)3(5)6;/h2,4H,1H3,(H,5,6);. The van der Waals surface area contributed by atoms with Gasteiger partial charge in [0.05, 0.1) is 0 Å². The van der Waals surface area contributed by atoms with Gasteiger partial charge in [0.15, 0.2) is 0 Å². The maximum atomic E-state index is 9.45. The summed E-state index contributed by atoms with van der Waals surface area (Å²) in [7, 11) is 0. The molecule has 4 heteroatoms. The number of carboxylic acids is 1. The molecule has 0 fully saturated rings. The Morgan fingerprint density at radius 3 is 1.86 bits per heavy atom. The zero-order valence-corrected chi connectivity index (χ0v) is 4.44. The van der Waals surface area contributed by atoms with Gasteiger partial charge < -0.3 is 10.2 Å². The van der Waals surface area contributed by atoms with Crippen molar-refractivity contribution < 1.29 is 52.7 Å². The molecule has 0 aliphatic heterocycles. The van der Waals surface area contributed by atoms with E-state index in [4.69, 9.17) is 10.2 Å². The second-order valence-corrected chi connectivity index (χ2v) is 1.01. The SMILES string of the molecule is CC(O)C(=O)O.[Ar]. The van der Waals surface area contributed by atoms with Gasteiger partial charge in [-0.3, -0.25) is 0 Å². The number of carboxylic acid groups (broad SMARTS) is 1. The van der Waals surface area contributed by atoms with E-state index >= 15 is 0 Å². The molecule has 2 N–H and O–H groups in total. The molecule has 0 spiro atoms. The number of carbonyl (C=O) groups is 1. The minimum absolute atomic E-state index is 0. The van der Waals surface area contributed by atoms with Gasteiger partial charge in [-0.2, -0.15) is 0 Å². The third kappa shape index (κ3) is 6.69. The molecule has 0 saturated carbocycles. The fraction of sp³-hybridized carbons (Fsp3) is 0.667. The second kappa shape index (κ2) is 4.84. The number of rotatable bonds is 1. The van der Waals surface area contributed by atoms with Crippen molar-refractivity contribution in [1.29, 1.82) is 0 Å². The van der Waals surface area contributed by atoms with Crippen molar-refractivity contribution in [2.45, 2.75) is 13.0 Å². The van der Waals surface area contributed by atoms with Crippen LogP contribution < -0.4 is 0 Å². The molecule has 1 atom stereocenters. The molecule has 0 aromatic carbocycles. The first-order chi connectivity index (χ1) is 2.64. The van der Waals surface area contributed by atoms with Crippen molar-refractivity contribution in [3.05, 3.63) is 0 Å². The number of aliphatic hydroxyl groups excluding tert-OH is 1. The molecule has 44 valence electrons. The van der Waals surface area contributed by atoms with E-state index in [2.05, 4.69) is 0 Å². The first-order valence-corrected chi connectivity index (χ1v) is 1.55. The molecule has 0 aromatic heterocycles. The summed E-state index contributed by atoms with van der Waals surface area (Å²) in [5.74, 6) is -1.19. The minimum Gasteiger partial charge on any atom is -0.479 e. The molecule has 0 aromatic rings. The molecule has 0 radical (unpaired) electrons.